The molecule has 0 radical (unpaired) electrons. The molecule has 1 unspecified atom stereocenters. The van der Waals surface area contributed by atoms with Gasteiger partial charge in [-0.3, -0.25) is 0 Å². The van der Waals surface area contributed by atoms with Crippen LogP contribution in [0.5, 0.6) is 0 Å². The molecule has 0 heterocycles. The van der Waals surface area contributed by atoms with E-state index >= 15 is 0 Å². The standard InChI is InChI=1S/C11H5F10I/c12-7(13)8(14,5-3-1-2-4-6(5)22)9(15,16)10(17,18)11(19,20)21/h1-4,7H. The molecule has 0 saturated heterocycles. The van der Waals surface area contributed by atoms with Crippen molar-refractivity contribution in [3.8, 4) is 0 Å². The van der Waals surface area contributed by atoms with Gasteiger partial charge in [0.25, 0.3) is 12.1 Å². The lowest BCUT2D eigenvalue weighted by atomic mass is 9.85. The Morgan fingerprint density at radius 1 is 0.773 bits per heavy atom. The van der Waals surface area contributed by atoms with Crippen LogP contribution in [0, 0.1) is 3.57 Å². The molecular formula is C11H5F10I. The zero-order chi connectivity index (χ0) is 17.6. The van der Waals surface area contributed by atoms with Crippen LogP contribution in [-0.2, 0) is 5.67 Å². The molecule has 0 aliphatic heterocycles. The van der Waals surface area contributed by atoms with Gasteiger partial charge in [-0.05, 0) is 28.7 Å². The highest BCUT2D eigenvalue weighted by atomic mass is 127. The van der Waals surface area contributed by atoms with E-state index in [0.717, 1.165) is 40.8 Å². The number of hydrogen-bond acceptors (Lipinski definition) is 0. The summed E-state index contributed by atoms with van der Waals surface area (Å²) in [6.07, 6.45) is -11.7. The van der Waals surface area contributed by atoms with E-state index in [1.165, 1.54) is 0 Å². The average molecular weight is 454 g/mol. The SMILES string of the molecule is FC(F)C(F)(c1ccccc1I)C(F)(F)C(F)(F)C(F)(F)F. The third-order valence-corrected chi connectivity index (χ3v) is 3.71. The van der Waals surface area contributed by atoms with Gasteiger partial charge in [-0.25, -0.2) is 13.2 Å². The predicted octanol–water partition coefficient (Wildman–Crippen LogP) is 5.55. The molecule has 1 aromatic rings. The van der Waals surface area contributed by atoms with Crippen LogP contribution >= 0.6 is 22.6 Å². The van der Waals surface area contributed by atoms with Crippen molar-refractivity contribution in [2.45, 2.75) is 30.1 Å². The van der Waals surface area contributed by atoms with E-state index in [2.05, 4.69) is 0 Å². The summed E-state index contributed by atoms with van der Waals surface area (Å²) in [5.74, 6) is -13.7. The van der Waals surface area contributed by atoms with Crippen molar-refractivity contribution in [3.63, 3.8) is 0 Å². The molecule has 22 heavy (non-hydrogen) atoms. The summed E-state index contributed by atoms with van der Waals surface area (Å²) in [5.41, 5.74) is -7.18. The number of rotatable bonds is 4. The molecule has 0 nitrogen and oxygen atoms in total. The van der Waals surface area contributed by atoms with Gasteiger partial charge in [-0.1, -0.05) is 18.2 Å². The van der Waals surface area contributed by atoms with Gasteiger partial charge in [0, 0.05) is 9.13 Å². The van der Waals surface area contributed by atoms with Gasteiger partial charge in [0.1, 0.15) is 0 Å². The van der Waals surface area contributed by atoms with Crippen LogP contribution in [0.4, 0.5) is 43.9 Å². The lowest BCUT2D eigenvalue weighted by molar-refractivity contribution is -0.392. The molecule has 0 spiro atoms. The fraction of sp³-hybridized carbons (Fsp3) is 0.455. The summed E-state index contributed by atoms with van der Waals surface area (Å²) >= 11 is 1.08. The monoisotopic (exact) mass is 454 g/mol. The first kappa shape index (κ1) is 19.3. The van der Waals surface area contributed by atoms with Gasteiger partial charge in [-0.2, -0.15) is 30.7 Å². The van der Waals surface area contributed by atoms with E-state index in [1.807, 2.05) is 0 Å². The molecule has 1 atom stereocenters. The Bertz CT molecular complexity index is 538. The lowest BCUT2D eigenvalue weighted by Gasteiger charge is -2.38. The number of alkyl halides is 10. The molecule has 0 fully saturated rings. The van der Waals surface area contributed by atoms with Crippen LogP contribution < -0.4 is 0 Å². The Balaban J connectivity index is 3.66. The van der Waals surface area contributed by atoms with E-state index in [0.29, 0.717) is 6.07 Å². The number of hydrogen-bond donors (Lipinski definition) is 0. The van der Waals surface area contributed by atoms with Crippen molar-refractivity contribution in [1.82, 2.24) is 0 Å². The second-order valence-corrected chi connectivity index (χ2v) is 5.30. The van der Waals surface area contributed by atoms with Gasteiger partial charge in [-0.15, -0.1) is 0 Å². The van der Waals surface area contributed by atoms with Crippen LogP contribution in [0.15, 0.2) is 24.3 Å². The molecule has 0 aromatic heterocycles. The summed E-state index contributed by atoms with van der Waals surface area (Å²) < 4.78 is 128. The van der Waals surface area contributed by atoms with E-state index < -0.39 is 39.2 Å². The molecule has 0 saturated carbocycles. The maximum atomic E-state index is 14.2. The summed E-state index contributed by atoms with van der Waals surface area (Å²) in [6, 6.07) is 2.95. The van der Waals surface area contributed by atoms with Crippen molar-refractivity contribution in [2.24, 2.45) is 0 Å². The largest absolute Gasteiger partial charge is 0.460 e. The van der Waals surface area contributed by atoms with Gasteiger partial charge in [0.15, 0.2) is 0 Å². The van der Waals surface area contributed by atoms with Gasteiger partial charge in [0.2, 0.25) is 0 Å². The van der Waals surface area contributed by atoms with E-state index in [4.69, 9.17) is 0 Å². The lowest BCUT2D eigenvalue weighted by Crippen LogP contribution is -2.63. The Morgan fingerprint density at radius 3 is 1.59 bits per heavy atom. The summed E-state index contributed by atoms with van der Waals surface area (Å²) in [6.45, 7) is 0. The molecule has 0 aliphatic carbocycles. The minimum atomic E-state index is -7.00. The predicted molar refractivity (Wildman–Crippen MR) is 63.9 cm³/mol. The van der Waals surface area contributed by atoms with Crippen LogP contribution in [-0.4, -0.2) is 24.4 Å². The fourth-order valence-corrected chi connectivity index (χ4v) is 2.37. The van der Waals surface area contributed by atoms with Gasteiger partial charge in [0.05, 0.1) is 0 Å². The maximum absolute atomic E-state index is 14.2. The zero-order valence-electron chi connectivity index (χ0n) is 10.0. The van der Waals surface area contributed by atoms with Crippen molar-refractivity contribution < 1.29 is 43.9 Å². The molecule has 11 heteroatoms. The molecule has 126 valence electrons. The van der Waals surface area contributed by atoms with Crippen LogP contribution in [0.25, 0.3) is 0 Å². The molecule has 0 amide bonds. The first-order valence-electron chi connectivity index (χ1n) is 5.25. The second-order valence-electron chi connectivity index (χ2n) is 4.14. The highest BCUT2D eigenvalue weighted by Gasteiger charge is 2.83. The van der Waals surface area contributed by atoms with E-state index in [9.17, 15) is 43.9 Å². The first-order chi connectivity index (χ1) is 9.71. The first-order valence-corrected chi connectivity index (χ1v) is 6.33. The fourth-order valence-electron chi connectivity index (χ4n) is 1.59. The van der Waals surface area contributed by atoms with Crippen molar-refractivity contribution >= 4 is 22.6 Å². The van der Waals surface area contributed by atoms with Crippen LogP contribution in [0.2, 0.25) is 0 Å². The molecule has 1 aromatic carbocycles. The minimum absolute atomic E-state index is 0.300. The Morgan fingerprint density at radius 2 is 1.23 bits per heavy atom. The van der Waals surface area contributed by atoms with Crippen molar-refractivity contribution in [3.05, 3.63) is 33.4 Å². The molecule has 0 bridgehead atoms. The van der Waals surface area contributed by atoms with E-state index in [-0.39, 0.29) is 0 Å². The summed E-state index contributed by atoms with van der Waals surface area (Å²) in [5, 5.41) is 0. The topological polar surface area (TPSA) is 0 Å². The molecule has 0 N–H and O–H groups in total. The van der Waals surface area contributed by atoms with Crippen molar-refractivity contribution in [2.75, 3.05) is 0 Å². The molecule has 0 aliphatic rings. The number of halogens is 11. The van der Waals surface area contributed by atoms with Crippen LogP contribution in [0.3, 0.4) is 0 Å². The summed E-state index contributed by atoms with van der Waals surface area (Å²) in [4.78, 5) is 0. The van der Waals surface area contributed by atoms with Crippen LogP contribution in [0.1, 0.15) is 5.56 Å². The normalized spacial score (nSPS) is 16.7. The Hall–Kier alpha value is -0.750. The number of benzene rings is 1. The highest BCUT2D eigenvalue weighted by Crippen LogP contribution is 2.58. The Kier molecular flexibility index (Phi) is 5.01. The quantitative estimate of drug-likeness (QED) is 0.414. The third kappa shape index (κ3) is 2.64. The smallest absolute Gasteiger partial charge is 0.225 e. The maximum Gasteiger partial charge on any atom is 0.460 e. The van der Waals surface area contributed by atoms with Crippen molar-refractivity contribution in [1.29, 1.82) is 0 Å². The third-order valence-electron chi connectivity index (χ3n) is 2.77. The minimum Gasteiger partial charge on any atom is -0.225 e. The average Bonchev–Trinajstić information content (AvgIpc) is 2.36. The highest BCUT2D eigenvalue weighted by molar-refractivity contribution is 14.1. The Labute approximate surface area is 130 Å². The van der Waals surface area contributed by atoms with Gasteiger partial charge < -0.3 is 0 Å². The summed E-state index contributed by atoms with van der Waals surface area (Å²) in [7, 11) is 0. The molecular weight excluding hydrogens is 449 g/mol. The van der Waals surface area contributed by atoms with E-state index in [1.54, 1.807) is 0 Å². The molecule has 1 rings (SSSR count). The second kappa shape index (κ2) is 5.71. The zero-order valence-corrected chi connectivity index (χ0v) is 12.2. The van der Waals surface area contributed by atoms with Gasteiger partial charge >= 0.3 is 18.0 Å².